The van der Waals surface area contributed by atoms with Gasteiger partial charge in [0.05, 0.1) is 0 Å². The van der Waals surface area contributed by atoms with Gasteiger partial charge in [-0.2, -0.15) is 0 Å². The second kappa shape index (κ2) is 3.92. The first-order chi connectivity index (χ1) is 6.65. The highest BCUT2D eigenvalue weighted by molar-refractivity contribution is 9.10. The Hall–Kier alpha value is -0.520. The van der Waals surface area contributed by atoms with Crippen LogP contribution in [0.2, 0.25) is 4.47 Å². The molecule has 0 saturated carbocycles. The van der Waals surface area contributed by atoms with Crippen LogP contribution in [0.5, 0.6) is 0 Å². The summed E-state index contributed by atoms with van der Waals surface area (Å²) in [5.41, 5.74) is 0.668. The smallest absolute Gasteiger partial charge is 0.207 e. The fourth-order valence-corrected chi connectivity index (χ4v) is 2.28. The summed E-state index contributed by atoms with van der Waals surface area (Å²) in [4.78, 5) is 0. The molecule has 0 aliphatic carbocycles. The molecule has 6 heteroatoms. The van der Waals surface area contributed by atoms with Crippen LogP contribution >= 0.6 is 38.9 Å². The number of benzene rings is 1. The van der Waals surface area contributed by atoms with Crippen molar-refractivity contribution >= 4 is 38.9 Å². The van der Waals surface area contributed by atoms with Gasteiger partial charge >= 0.3 is 0 Å². The molecule has 1 aromatic carbocycles. The molecule has 14 heavy (non-hydrogen) atoms. The van der Waals surface area contributed by atoms with Crippen molar-refractivity contribution in [3.05, 3.63) is 33.0 Å². The SMILES string of the molecule is Fc1cc(Br)cc(-c2nnc(Cl)s2)c1. The van der Waals surface area contributed by atoms with Crippen molar-refractivity contribution in [2.75, 3.05) is 0 Å². The van der Waals surface area contributed by atoms with Gasteiger partial charge in [0.15, 0.2) is 0 Å². The van der Waals surface area contributed by atoms with Crippen LogP contribution in [0.4, 0.5) is 4.39 Å². The Morgan fingerprint density at radius 1 is 1.29 bits per heavy atom. The highest BCUT2D eigenvalue weighted by atomic mass is 79.9. The number of nitrogens with zero attached hydrogens (tertiary/aromatic N) is 2. The standard InChI is InChI=1S/C8H3BrClFN2S/c9-5-1-4(2-6(11)3-5)7-12-13-8(10)14-7/h1-3H. The fourth-order valence-electron chi connectivity index (χ4n) is 0.999. The first-order valence-electron chi connectivity index (χ1n) is 3.60. The van der Waals surface area contributed by atoms with Crippen LogP contribution in [-0.2, 0) is 0 Å². The van der Waals surface area contributed by atoms with E-state index in [4.69, 9.17) is 11.6 Å². The molecule has 0 amide bonds. The van der Waals surface area contributed by atoms with E-state index >= 15 is 0 Å². The Kier molecular flexibility index (Phi) is 2.80. The third-order valence-electron chi connectivity index (χ3n) is 1.51. The van der Waals surface area contributed by atoms with E-state index < -0.39 is 0 Å². The van der Waals surface area contributed by atoms with E-state index in [9.17, 15) is 4.39 Å². The van der Waals surface area contributed by atoms with Gasteiger partial charge in [0.1, 0.15) is 10.8 Å². The molecule has 1 heterocycles. The Morgan fingerprint density at radius 2 is 2.07 bits per heavy atom. The molecule has 0 spiro atoms. The molecule has 2 aromatic rings. The molecule has 2 nitrogen and oxygen atoms in total. The topological polar surface area (TPSA) is 25.8 Å². The predicted octanol–water partition coefficient (Wildman–Crippen LogP) is 3.76. The van der Waals surface area contributed by atoms with Crippen molar-refractivity contribution in [3.63, 3.8) is 0 Å². The molecule has 0 radical (unpaired) electrons. The van der Waals surface area contributed by atoms with Crippen molar-refractivity contribution in [1.29, 1.82) is 0 Å². The van der Waals surface area contributed by atoms with Gasteiger partial charge < -0.3 is 0 Å². The molecule has 0 N–H and O–H groups in total. The normalized spacial score (nSPS) is 10.5. The summed E-state index contributed by atoms with van der Waals surface area (Å²) in [6.07, 6.45) is 0. The number of halogens is 3. The summed E-state index contributed by atoms with van der Waals surface area (Å²) in [5, 5.41) is 8.07. The van der Waals surface area contributed by atoms with Gasteiger partial charge in [0.25, 0.3) is 0 Å². The molecule has 0 aliphatic heterocycles. The van der Waals surface area contributed by atoms with E-state index in [0.29, 0.717) is 19.5 Å². The minimum atomic E-state index is -0.319. The van der Waals surface area contributed by atoms with E-state index in [1.165, 1.54) is 23.5 Å². The Balaban J connectivity index is 2.51. The summed E-state index contributed by atoms with van der Waals surface area (Å²) < 4.78 is 14.0. The summed E-state index contributed by atoms with van der Waals surface area (Å²) in [5.74, 6) is -0.319. The van der Waals surface area contributed by atoms with Crippen LogP contribution in [0.15, 0.2) is 22.7 Å². The van der Waals surface area contributed by atoms with Gasteiger partial charge in [-0.3, -0.25) is 0 Å². The van der Waals surface area contributed by atoms with Gasteiger partial charge in [0.2, 0.25) is 4.47 Å². The zero-order valence-corrected chi connectivity index (χ0v) is 9.83. The zero-order chi connectivity index (χ0) is 10.1. The van der Waals surface area contributed by atoms with Crippen molar-refractivity contribution in [1.82, 2.24) is 10.2 Å². The lowest BCUT2D eigenvalue weighted by atomic mass is 10.2. The summed E-state index contributed by atoms with van der Waals surface area (Å²) >= 11 is 10.0. The number of hydrogen-bond donors (Lipinski definition) is 0. The first-order valence-corrected chi connectivity index (χ1v) is 5.59. The highest BCUT2D eigenvalue weighted by Crippen LogP contribution is 2.28. The van der Waals surface area contributed by atoms with E-state index in [0.717, 1.165) is 0 Å². The summed E-state index contributed by atoms with van der Waals surface area (Å²) in [7, 11) is 0. The largest absolute Gasteiger partial charge is 0.207 e. The number of rotatable bonds is 1. The molecular weight excluding hydrogens is 291 g/mol. The maximum absolute atomic E-state index is 13.0. The fraction of sp³-hybridized carbons (Fsp3) is 0. The van der Waals surface area contributed by atoms with Crippen LogP contribution in [0.3, 0.4) is 0 Å². The average Bonchev–Trinajstić information content (AvgIpc) is 2.50. The Bertz CT molecular complexity index is 454. The van der Waals surface area contributed by atoms with Crippen LogP contribution in [0.25, 0.3) is 10.6 Å². The number of aromatic nitrogens is 2. The summed E-state index contributed by atoms with van der Waals surface area (Å²) in [6.45, 7) is 0. The van der Waals surface area contributed by atoms with Crippen molar-refractivity contribution in [2.45, 2.75) is 0 Å². The third kappa shape index (κ3) is 2.10. The van der Waals surface area contributed by atoms with Crippen LogP contribution < -0.4 is 0 Å². The molecule has 0 fully saturated rings. The number of hydrogen-bond acceptors (Lipinski definition) is 3. The molecular formula is C8H3BrClFN2S. The van der Waals surface area contributed by atoms with E-state index in [1.54, 1.807) is 6.07 Å². The van der Waals surface area contributed by atoms with E-state index in [2.05, 4.69) is 26.1 Å². The van der Waals surface area contributed by atoms with Crippen molar-refractivity contribution < 1.29 is 4.39 Å². The second-order valence-corrected chi connectivity index (χ2v) is 4.99. The lowest BCUT2D eigenvalue weighted by molar-refractivity contribution is 0.627. The maximum atomic E-state index is 13.0. The zero-order valence-electron chi connectivity index (χ0n) is 6.67. The lowest BCUT2D eigenvalue weighted by Gasteiger charge is -1.96. The van der Waals surface area contributed by atoms with Gasteiger partial charge in [-0.05, 0) is 29.8 Å². The third-order valence-corrected chi connectivity index (χ3v) is 3.04. The first kappa shape index (κ1) is 10.0. The van der Waals surface area contributed by atoms with Crippen molar-refractivity contribution in [2.24, 2.45) is 0 Å². The van der Waals surface area contributed by atoms with Gasteiger partial charge in [-0.15, -0.1) is 10.2 Å². The van der Waals surface area contributed by atoms with Crippen LogP contribution in [-0.4, -0.2) is 10.2 Å². The van der Waals surface area contributed by atoms with Crippen molar-refractivity contribution in [3.8, 4) is 10.6 Å². The van der Waals surface area contributed by atoms with Crippen LogP contribution in [0, 0.1) is 5.82 Å². The monoisotopic (exact) mass is 292 g/mol. The average molecular weight is 294 g/mol. The maximum Gasteiger partial charge on any atom is 0.207 e. The van der Waals surface area contributed by atoms with Gasteiger partial charge in [-0.1, -0.05) is 27.3 Å². The molecule has 0 atom stereocenters. The molecule has 1 aromatic heterocycles. The van der Waals surface area contributed by atoms with E-state index in [1.807, 2.05) is 0 Å². The van der Waals surface area contributed by atoms with Gasteiger partial charge in [-0.25, -0.2) is 4.39 Å². The Labute approximate surface area is 96.9 Å². The predicted molar refractivity (Wildman–Crippen MR) is 58.0 cm³/mol. The second-order valence-electron chi connectivity index (χ2n) is 2.52. The quantitative estimate of drug-likeness (QED) is 0.800. The Morgan fingerprint density at radius 3 is 2.64 bits per heavy atom. The van der Waals surface area contributed by atoms with E-state index in [-0.39, 0.29) is 5.82 Å². The van der Waals surface area contributed by atoms with Crippen LogP contribution in [0.1, 0.15) is 0 Å². The molecule has 0 bridgehead atoms. The molecule has 2 rings (SSSR count). The lowest BCUT2D eigenvalue weighted by Crippen LogP contribution is -1.80. The molecule has 72 valence electrons. The minimum Gasteiger partial charge on any atom is -0.207 e. The summed E-state index contributed by atoms with van der Waals surface area (Å²) in [6, 6.07) is 4.54. The highest BCUT2D eigenvalue weighted by Gasteiger charge is 2.07. The molecule has 0 aliphatic rings. The molecule has 0 saturated heterocycles. The van der Waals surface area contributed by atoms with Gasteiger partial charge in [0, 0.05) is 10.0 Å². The minimum absolute atomic E-state index is 0.319. The molecule has 0 unspecified atom stereocenters.